The Balaban J connectivity index is 2.76. The number of carboxylic acid groups (broad SMARTS) is 1. The number of carbonyl (C=O) groups excluding carboxylic acids is 1. The monoisotopic (exact) mass is 282 g/mol. The van der Waals surface area contributed by atoms with Gasteiger partial charge in [-0.2, -0.15) is 0 Å². The number of phenols is 1. The van der Waals surface area contributed by atoms with Crippen LogP contribution in [-0.4, -0.2) is 51.9 Å². The minimum Gasteiger partial charge on any atom is -0.505 e. The summed E-state index contributed by atoms with van der Waals surface area (Å²) in [6.07, 6.45) is -0.0978. The summed E-state index contributed by atoms with van der Waals surface area (Å²) in [5.74, 6) is -1.77. The summed E-state index contributed by atoms with van der Waals surface area (Å²) in [5.41, 5.74) is -0.256. The number of carbonyl (C=O) groups is 2. The first-order chi connectivity index (χ1) is 9.32. The number of rotatable bonds is 5. The number of anilines is 1. The molecule has 4 N–H and O–H groups in total. The van der Waals surface area contributed by atoms with Crippen molar-refractivity contribution in [1.82, 2.24) is 4.90 Å². The molecule has 0 saturated heterocycles. The summed E-state index contributed by atoms with van der Waals surface area (Å²) in [5, 5.41) is 30.2. The van der Waals surface area contributed by atoms with Crippen molar-refractivity contribution in [3.05, 3.63) is 23.8 Å². The number of carboxylic acids is 1. The van der Waals surface area contributed by atoms with Crippen LogP contribution in [0.25, 0.3) is 0 Å². The Morgan fingerprint density at radius 1 is 1.40 bits per heavy atom. The minimum absolute atomic E-state index is 0.0267. The third-order valence-electron chi connectivity index (χ3n) is 2.74. The van der Waals surface area contributed by atoms with Crippen molar-refractivity contribution in [2.45, 2.75) is 19.4 Å². The number of aliphatic hydroxyl groups is 1. The van der Waals surface area contributed by atoms with Gasteiger partial charge in [0.2, 0.25) is 0 Å². The Kier molecular flexibility index (Phi) is 5.33. The number of nitrogens with one attached hydrogen (secondary N) is 1. The lowest BCUT2D eigenvalue weighted by molar-refractivity contribution is 0.0693. The van der Waals surface area contributed by atoms with Crippen LogP contribution in [-0.2, 0) is 0 Å². The second kappa shape index (κ2) is 6.76. The SMILES string of the molecule is CC(O)CCN(C)C(=O)Nc1cccc(C(=O)O)c1O. The Morgan fingerprint density at radius 3 is 2.60 bits per heavy atom. The maximum Gasteiger partial charge on any atom is 0.339 e. The van der Waals surface area contributed by atoms with Gasteiger partial charge in [0, 0.05) is 13.6 Å². The number of amides is 2. The molecule has 0 heterocycles. The molecule has 20 heavy (non-hydrogen) atoms. The van der Waals surface area contributed by atoms with Crippen LogP contribution in [0.4, 0.5) is 10.5 Å². The van der Waals surface area contributed by atoms with Gasteiger partial charge in [-0.25, -0.2) is 9.59 Å². The second-order valence-electron chi connectivity index (χ2n) is 4.50. The van der Waals surface area contributed by atoms with Gasteiger partial charge in [0.1, 0.15) is 5.56 Å². The highest BCUT2D eigenvalue weighted by Gasteiger charge is 2.16. The largest absolute Gasteiger partial charge is 0.505 e. The van der Waals surface area contributed by atoms with Gasteiger partial charge in [-0.15, -0.1) is 0 Å². The summed E-state index contributed by atoms with van der Waals surface area (Å²) in [6.45, 7) is 1.96. The normalized spacial score (nSPS) is 11.8. The molecule has 1 atom stereocenters. The molecule has 110 valence electrons. The molecule has 0 aliphatic carbocycles. The third-order valence-corrected chi connectivity index (χ3v) is 2.74. The minimum atomic E-state index is -1.28. The first kappa shape index (κ1) is 15.8. The molecule has 0 aliphatic heterocycles. The number of aliphatic hydroxyl groups excluding tert-OH is 1. The molecule has 0 aromatic heterocycles. The fourth-order valence-electron chi connectivity index (χ4n) is 1.51. The Morgan fingerprint density at radius 2 is 2.05 bits per heavy atom. The maximum absolute atomic E-state index is 11.8. The highest BCUT2D eigenvalue weighted by Crippen LogP contribution is 2.27. The van der Waals surface area contributed by atoms with E-state index in [9.17, 15) is 14.7 Å². The summed E-state index contributed by atoms with van der Waals surface area (Å²) >= 11 is 0. The molecule has 1 aromatic carbocycles. The van der Waals surface area contributed by atoms with E-state index in [2.05, 4.69) is 5.32 Å². The molecule has 1 rings (SSSR count). The second-order valence-corrected chi connectivity index (χ2v) is 4.50. The van der Waals surface area contributed by atoms with Crippen molar-refractivity contribution >= 4 is 17.7 Å². The molecular formula is C13H18N2O5. The van der Waals surface area contributed by atoms with E-state index < -0.39 is 23.9 Å². The fourth-order valence-corrected chi connectivity index (χ4v) is 1.51. The molecule has 7 nitrogen and oxygen atoms in total. The van der Waals surface area contributed by atoms with Gasteiger partial charge < -0.3 is 25.5 Å². The lowest BCUT2D eigenvalue weighted by atomic mass is 10.1. The van der Waals surface area contributed by atoms with E-state index in [4.69, 9.17) is 10.2 Å². The average molecular weight is 282 g/mol. The van der Waals surface area contributed by atoms with Crippen LogP contribution in [0, 0.1) is 0 Å². The Bertz CT molecular complexity index is 502. The van der Waals surface area contributed by atoms with Crippen molar-refractivity contribution < 1.29 is 24.9 Å². The van der Waals surface area contributed by atoms with Crippen LogP contribution in [0.3, 0.4) is 0 Å². The highest BCUT2D eigenvalue weighted by atomic mass is 16.4. The predicted octanol–water partition coefficient (Wildman–Crippen LogP) is 1.33. The summed E-state index contributed by atoms with van der Waals surface area (Å²) in [7, 11) is 1.54. The number of aromatic carboxylic acids is 1. The molecule has 0 radical (unpaired) electrons. The topological polar surface area (TPSA) is 110 Å². The van der Waals surface area contributed by atoms with Crippen molar-refractivity contribution in [3.8, 4) is 5.75 Å². The van der Waals surface area contributed by atoms with Gasteiger partial charge in [-0.3, -0.25) is 0 Å². The molecule has 0 fully saturated rings. The zero-order chi connectivity index (χ0) is 15.3. The average Bonchev–Trinajstić information content (AvgIpc) is 2.37. The molecule has 1 aromatic rings. The van der Waals surface area contributed by atoms with E-state index in [1.165, 1.54) is 30.1 Å². The lowest BCUT2D eigenvalue weighted by Crippen LogP contribution is -2.33. The van der Waals surface area contributed by atoms with E-state index in [0.29, 0.717) is 13.0 Å². The Labute approximate surface area is 116 Å². The number of aromatic hydroxyl groups is 1. The smallest absolute Gasteiger partial charge is 0.339 e. The van der Waals surface area contributed by atoms with Crippen LogP contribution in [0.1, 0.15) is 23.7 Å². The van der Waals surface area contributed by atoms with Crippen LogP contribution in [0.15, 0.2) is 18.2 Å². The fraction of sp³-hybridized carbons (Fsp3) is 0.385. The summed E-state index contributed by atoms with van der Waals surface area (Å²) < 4.78 is 0. The molecule has 0 aliphatic rings. The summed E-state index contributed by atoms with van der Waals surface area (Å²) in [6, 6.07) is 3.57. The van der Waals surface area contributed by atoms with Crippen LogP contribution in [0.5, 0.6) is 5.75 Å². The molecule has 1 unspecified atom stereocenters. The first-order valence-corrected chi connectivity index (χ1v) is 6.08. The van der Waals surface area contributed by atoms with Gasteiger partial charge in [0.05, 0.1) is 11.8 Å². The van der Waals surface area contributed by atoms with E-state index in [1.807, 2.05) is 0 Å². The van der Waals surface area contributed by atoms with Gasteiger partial charge in [-0.1, -0.05) is 6.07 Å². The van der Waals surface area contributed by atoms with Crippen molar-refractivity contribution in [3.63, 3.8) is 0 Å². The quantitative estimate of drug-likeness (QED) is 0.609. The standard InChI is InChI=1S/C13H18N2O5/c1-8(16)6-7-15(2)13(20)14-10-5-3-4-9(11(10)17)12(18)19/h3-5,8,16-17H,6-7H2,1-2H3,(H,14,20)(H,18,19). The van der Waals surface area contributed by atoms with Gasteiger partial charge >= 0.3 is 12.0 Å². The first-order valence-electron chi connectivity index (χ1n) is 6.08. The third kappa shape index (κ3) is 4.13. The molecule has 2 amide bonds. The van der Waals surface area contributed by atoms with Gasteiger partial charge in [0.25, 0.3) is 0 Å². The molecule has 0 bridgehead atoms. The molecular weight excluding hydrogens is 264 g/mol. The van der Waals surface area contributed by atoms with E-state index in [1.54, 1.807) is 6.92 Å². The predicted molar refractivity (Wildman–Crippen MR) is 73.0 cm³/mol. The molecule has 0 saturated carbocycles. The zero-order valence-corrected chi connectivity index (χ0v) is 11.3. The van der Waals surface area contributed by atoms with Crippen molar-refractivity contribution in [2.24, 2.45) is 0 Å². The van der Waals surface area contributed by atoms with E-state index in [-0.39, 0.29) is 11.3 Å². The number of benzene rings is 1. The highest BCUT2D eigenvalue weighted by molar-refractivity contribution is 5.97. The van der Waals surface area contributed by atoms with Crippen molar-refractivity contribution in [2.75, 3.05) is 18.9 Å². The number of hydrogen-bond acceptors (Lipinski definition) is 4. The molecule has 0 spiro atoms. The number of urea groups is 1. The van der Waals surface area contributed by atoms with Crippen LogP contribution < -0.4 is 5.32 Å². The van der Waals surface area contributed by atoms with Crippen molar-refractivity contribution in [1.29, 1.82) is 0 Å². The van der Waals surface area contributed by atoms with E-state index in [0.717, 1.165) is 0 Å². The van der Waals surface area contributed by atoms with Gasteiger partial charge in [-0.05, 0) is 25.5 Å². The number of hydrogen-bond donors (Lipinski definition) is 4. The number of para-hydroxylation sites is 1. The molecule has 7 heteroatoms. The Hall–Kier alpha value is -2.28. The zero-order valence-electron chi connectivity index (χ0n) is 11.3. The lowest BCUT2D eigenvalue weighted by Gasteiger charge is -2.19. The van der Waals surface area contributed by atoms with E-state index >= 15 is 0 Å². The summed E-state index contributed by atoms with van der Waals surface area (Å²) in [4.78, 5) is 24.0. The van der Waals surface area contributed by atoms with Crippen LogP contribution in [0.2, 0.25) is 0 Å². The van der Waals surface area contributed by atoms with Gasteiger partial charge in [0.15, 0.2) is 5.75 Å². The van der Waals surface area contributed by atoms with Crippen LogP contribution >= 0.6 is 0 Å². The maximum atomic E-state index is 11.8. The number of nitrogens with zero attached hydrogens (tertiary/aromatic N) is 1.